The van der Waals surface area contributed by atoms with E-state index < -0.39 is 0 Å². The quantitative estimate of drug-likeness (QED) is 0.794. The fourth-order valence-electron chi connectivity index (χ4n) is 3.01. The first-order valence-corrected chi connectivity index (χ1v) is 7.31. The molecular weight excluding hydrogens is 212 g/mol. The van der Waals surface area contributed by atoms with E-state index in [9.17, 15) is 0 Å². The Balaban J connectivity index is 1.58. The number of nitrogens with zero attached hydrogens (tertiary/aromatic N) is 1. The van der Waals surface area contributed by atoms with E-state index in [2.05, 4.69) is 24.1 Å². The van der Waals surface area contributed by atoms with Gasteiger partial charge in [0.05, 0.1) is 12.7 Å². The first-order chi connectivity index (χ1) is 8.24. The predicted molar refractivity (Wildman–Crippen MR) is 71.3 cm³/mol. The minimum atomic E-state index is 0.471. The summed E-state index contributed by atoms with van der Waals surface area (Å²) in [5, 5.41) is 3.67. The molecule has 3 heteroatoms. The minimum absolute atomic E-state index is 0.471. The molecule has 1 N–H and O–H groups in total. The third-order valence-electron chi connectivity index (χ3n) is 4.02. The van der Waals surface area contributed by atoms with Crippen molar-refractivity contribution in [2.45, 2.75) is 51.7 Å². The standard InChI is InChI=1S/C14H28N2O/c1-12(10-16-6-4-3-5-7-16)15-9-14-8-13(2)17-11-14/h12-15H,3-11H2,1-2H3. The summed E-state index contributed by atoms with van der Waals surface area (Å²) in [6.45, 7) is 10.4. The van der Waals surface area contributed by atoms with Gasteiger partial charge in [0.15, 0.2) is 0 Å². The molecule has 3 nitrogen and oxygen atoms in total. The average molecular weight is 240 g/mol. The molecule has 2 fully saturated rings. The molecule has 0 amide bonds. The van der Waals surface area contributed by atoms with Gasteiger partial charge in [0.1, 0.15) is 0 Å². The van der Waals surface area contributed by atoms with Crippen molar-refractivity contribution in [1.29, 1.82) is 0 Å². The van der Waals surface area contributed by atoms with Crippen molar-refractivity contribution in [2.24, 2.45) is 5.92 Å². The van der Waals surface area contributed by atoms with Crippen LogP contribution in [0.3, 0.4) is 0 Å². The van der Waals surface area contributed by atoms with Crippen molar-refractivity contribution in [3.63, 3.8) is 0 Å². The van der Waals surface area contributed by atoms with Crippen LogP contribution in [0, 0.1) is 5.92 Å². The molecule has 3 atom stereocenters. The lowest BCUT2D eigenvalue weighted by molar-refractivity contribution is 0.119. The molecule has 0 aromatic heterocycles. The Morgan fingerprint density at radius 1 is 1.29 bits per heavy atom. The molecule has 17 heavy (non-hydrogen) atoms. The summed E-state index contributed by atoms with van der Waals surface area (Å²) >= 11 is 0. The number of hydrogen-bond donors (Lipinski definition) is 1. The fraction of sp³-hybridized carbons (Fsp3) is 1.00. The highest BCUT2D eigenvalue weighted by Crippen LogP contribution is 2.18. The molecule has 2 aliphatic rings. The average Bonchev–Trinajstić information content (AvgIpc) is 2.74. The largest absolute Gasteiger partial charge is 0.378 e. The van der Waals surface area contributed by atoms with Crippen LogP contribution in [0.25, 0.3) is 0 Å². The number of likely N-dealkylation sites (tertiary alicyclic amines) is 1. The molecule has 0 bridgehead atoms. The number of hydrogen-bond acceptors (Lipinski definition) is 3. The summed E-state index contributed by atoms with van der Waals surface area (Å²) < 4.78 is 5.60. The number of nitrogens with one attached hydrogen (secondary N) is 1. The zero-order valence-corrected chi connectivity index (χ0v) is 11.5. The molecular formula is C14H28N2O. The van der Waals surface area contributed by atoms with E-state index in [0.29, 0.717) is 12.1 Å². The summed E-state index contributed by atoms with van der Waals surface area (Å²) in [7, 11) is 0. The van der Waals surface area contributed by atoms with Crippen LogP contribution in [-0.4, -0.2) is 49.8 Å². The van der Waals surface area contributed by atoms with E-state index in [-0.39, 0.29) is 0 Å². The van der Waals surface area contributed by atoms with Gasteiger partial charge in [-0.05, 0) is 52.1 Å². The smallest absolute Gasteiger partial charge is 0.0551 e. The van der Waals surface area contributed by atoms with Crippen LogP contribution in [0.4, 0.5) is 0 Å². The predicted octanol–water partition coefficient (Wildman–Crippen LogP) is 1.88. The Hall–Kier alpha value is -0.120. The van der Waals surface area contributed by atoms with Gasteiger partial charge in [0.25, 0.3) is 0 Å². The van der Waals surface area contributed by atoms with Crippen LogP contribution in [-0.2, 0) is 4.74 Å². The second kappa shape index (κ2) is 6.72. The minimum Gasteiger partial charge on any atom is -0.378 e. The molecule has 2 saturated heterocycles. The topological polar surface area (TPSA) is 24.5 Å². The molecule has 0 radical (unpaired) electrons. The molecule has 3 unspecified atom stereocenters. The normalized spacial score (nSPS) is 32.8. The van der Waals surface area contributed by atoms with Crippen molar-refractivity contribution >= 4 is 0 Å². The highest BCUT2D eigenvalue weighted by molar-refractivity contribution is 4.76. The van der Waals surface area contributed by atoms with Crippen LogP contribution < -0.4 is 5.32 Å². The molecule has 0 saturated carbocycles. The van der Waals surface area contributed by atoms with Crippen LogP contribution in [0.15, 0.2) is 0 Å². The zero-order valence-electron chi connectivity index (χ0n) is 11.5. The first-order valence-electron chi connectivity index (χ1n) is 7.31. The van der Waals surface area contributed by atoms with E-state index >= 15 is 0 Å². The van der Waals surface area contributed by atoms with Gasteiger partial charge in [-0.3, -0.25) is 0 Å². The van der Waals surface area contributed by atoms with E-state index in [1.165, 1.54) is 45.3 Å². The lowest BCUT2D eigenvalue weighted by atomic mass is 10.1. The van der Waals surface area contributed by atoms with Crippen molar-refractivity contribution in [1.82, 2.24) is 10.2 Å². The van der Waals surface area contributed by atoms with Crippen LogP contribution in [0.5, 0.6) is 0 Å². The number of piperidine rings is 1. The molecule has 0 spiro atoms. The molecule has 100 valence electrons. The van der Waals surface area contributed by atoms with E-state index in [4.69, 9.17) is 4.74 Å². The Kier molecular flexibility index (Phi) is 5.26. The molecule has 2 aliphatic heterocycles. The molecule has 0 aromatic rings. The summed E-state index contributed by atoms with van der Waals surface area (Å²) in [6, 6.07) is 0.615. The lowest BCUT2D eigenvalue weighted by Gasteiger charge is -2.29. The maximum absolute atomic E-state index is 5.60. The second-order valence-corrected chi connectivity index (χ2v) is 5.92. The van der Waals surface area contributed by atoms with Gasteiger partial charge in [0, 0.05) is 19.1 Å². The van der Waals surface area contributed by atoms with Crippen molar-refractivity contribution in [2.75, 3.05) is 32.8 Å². The van der Waals surface area contributed by atoms with Gasteiger partial charge in [0.2, 0.25) is 0 Å². The van der Waals surface area contributed by atoms with Crippen molar-refractivity contribution in [3.8, 4) is 0 Å². The Labute approximate surface area is 106 Å². The zero-order chi connectivity index (χ0) is 12.1. The molecule has 0 aliphatic carbocycles. The van der Waals surface area contributed by atoms with Gasteiger partial charge < -0.3 is 15.0 Å². The van der Waals surface area contributed by atoms with Gasteiger partial charge >= 0.3 is 0 Å². The summed E-state index contributed by atoms with van der Waals surface area (Å²) in [6.07, 6.45) is 5.90. The maximum atomic E-state index is 5.60. The van der Waals surface area contributed by atoms with Gasteiger partial charge in [-0.25, -0.2) is 0 Å². The third kappa shape index (κ3) is 4.57. The highest BCUT2D eigenvalue weighted by atomic mass is 16.5. The Bertz CT molecular complexity index is 216. The Morgan fingerprint density at radius 3 is 2.71 bits per heavy atom. The Morgan fingerprint density at radius 2 is 2.06 bits per heavy atom. The summed E-state index contributed by atoms with van der Waals surface area (Å²) in [5.74, 6) is 0.730. The monoisotopic (exact) mass is 240 g/mol. The summed E-state index contributed by atoms with van der Waals surface area (Å²) in [4.78, 5) is 2.61. The second-order valence-electron chi connectivity index (χ2n) is 5.92. The first kappa shape index (κ1) is 13.3. The van der Waals surface area contributed by atoms with Crippen molar-refractivity contribution < 1.29 is 4.74 Å². The van der Waals surface area contributed by atoms with Crippen LogP contribution >= 0.6 is 0 Å². The van der Waals surface area contributed by atoms with Crippen LogP contribution in [0.2, 0.25) is 0 Å². The summed E-state index contributed by atoms with van der Waals surface area (Å²) in [5.41, 5.74) is 0. The maximum Gasteiger partial charge on any atom is 0.0551 e. The SMILES string of the molecule is CC(CN1CCCCC1)NCC1COC(C)C1. The lowest BCUT2D eigenvalue weighted by Crippen LogP contribution is -2.43. The molecule has 2 rings (SSSR count). The third-order valence-corrected chi connectivity index (χ3v) is 4.02. The highest BCUT2D eigenvalue weighted by Gasteiger charge is 2.22. The number of ether oxygens (including phenoxy) is 1. The van der Waals surface area contributed by atoms with E-state index in [1.807, 2.05) is 0 Å². The molecule has 0 aromatic carbocycles. The van der Waals surface area contributed by atoms with E-state index in [1.54, 1.807) is 0 Å². The fourth-order valence-corrected chi connectivity index (χ4v) is 3.01. The molecule has 2 heterocycles. The van der Waals surface area contributed by atoms with E-state index in [0.717, 1.165) is 19.1 Å². The van der Waals surface area contributed by atoms with Gasteiger partial charge in [-0.2, -0.15) is 0 Å². The van der Waals surface area contributed by atoms with Crippen LogP contribution in [0.1, 0.15) is 39.5 Å². The number of rotatable bonds is 5. The van der Waals surface area contributed by atoms with Crippen molar-refractivity contribution in [3.05, 3.63) is 0 Å². The van der Waals surface area contributed by atoms with Gasteiger partial charge in [-0.1, -0.05) is 6.42 Å². The van der Waals surface area contributed by atoms with Gasteiger partial charge in [-0.15, -0.1) is 0 Å².